The van der Waals surface area contributed by atoms with Crippen molar-refractivity contribution in [1.82, 2.24) is 9.13 Å². The van der Waals surface area contributed by atoms with E-state index in [4.69, 9.17) is 6.57 Å². The van der Waals surface area contributed by atoms with E-state index in [9.17, 15) is 39.5 Å². The van der Waals surface area contributed by atoms with Gasteiger partial charge in [0.05, 0.1) is 56.7 Å². The Morgan fingerprint density at radius 2 is 0.848 bits per heavy atom. The molecule has 0 amide bonds. The Balaban J connectivity index is 1.23. The zero-order valence-electron chi connectivity index (χ0n) is 34.8. The molecule has 0 radical (unpaired) electrons. The molecule has 0 aliphatic rings. The topological polar surface area (TPSA) is 14.2 Å². The first-order chi connectivity index (χ1) is 31.4. The Labute approximate surface area is 371 Å². The molecule has 0 atom stereocenters. The summed E-state index contributed by atoms with van der Waals surface area (Å²) in [6, 6.07) is 41.1. The fourth-order valence-corrected chi connectivity index (χ4v) is 9.18. The van der Waals surface area contributed by atoms with Gasteiger partial charge < -0.3 is 9.13 Å². The Kier molecular flexibility index (Phi) is 9.69. The smallest absolute Gasteiger partial charge is 0.309 e. The number of para-hydroxylation sites is 2. The number of hydrogen-bond acceptors (Lipinski definition) is 0. The van der Waals surface area contributed by atoms with Gasteiger partial charge in [0.25, 0.3) is 0 Å². The van der Waals surface area contributed by atoms with Crippen LogP contribution in [0.15, 0.2) is 158 Å². The molecule has 326 valence electrons. The van der Waals surface area contributed by atoms with Crippen LogP contribution < -0.4 is 0 Å². The van der Waals surface area contributed by atoms with E-state index in [1.54, 1.807) is 103 Å². The molecule has 0 spiro atoms. The number of fused-ring (bicyclic) bond motifs is 6. The van der Waals surface area contributed by atoms with Crippen LogP contribution in [0.25, 0.3) is 93.2 Å². The molecule has 10 rings (SSSR count). The third kappa shape index (κ3) is 7.21. The second-order valence-corrected chi connectivity index (χ2v) is 16.4. The van der Waals surface area contributed by atoms with Crippen molar-refractivity contribution in [3.05, 3.63) is 197 Å². The molecule has 10 aromatic rings. The Morgan fingerprint density at radius 3 is 1.33 bits per heavy atom. The summed E-state index contributed by atoms with van der Waals surface area (Å²) in [5.74, 6) is 0. The van der Waals surface area contributed by atoms with Crippen molar-refractivity contribution in [3.63, 3.8) is 0 Å². The maximum atomic E-state index is 14.8. The van der Waals surface area contributed by atoms with Gasteiger partial charge in [-0.3, -0.25) is 0 Å². The van der Waals surface area contributed by atoms with Crippen molar-refractivity contribution >= 4 is 49.3 Å². The van der Waals surface area contributed by atoms with E-state index in [-0.39, 0.29) is 11.4 Å². The van der Waals surface area contributed by atoms with Crippen molar-refractivity contribution in [2.75, 3.05) is 0 Å². The molecule has 3 nitrogen and oxygen atoms in total. The number of hydrogen-bond donors (Lipinski definition) is 0. The van der Waals surface area contributed by atoms with Crippen LogP contribution in [-0.2, 0) is 18.5 Å². The highest BCUT2D eigenvalue weighted by Crippen LogP contribution is 2.45. The molecular weight excluding hydrogens is 862 g/mol. The van der Waals surface area contributed by atoms with Crippen LogP contribution in [0, 0.1) is 20.4 Å². The maximum absolute atomic E-state index is 14.8. The zero-order valence-corrected chi connectivity index (χ0v) is 34.8. The molecule has 0 N–H and O–H groups in total. The van der Waals surface area contributed by atoms with E-state index in [1.807, 2.05) is 34.9 Å². The van der Waals surface area contributed by atoms with E-state index < -0.39 is 35.2 Å². The summed E-state index contributed by atoms with van der Waals surface area (Å²) in [6.07, 6.45) is -13.9. The SMILES string of the molecule is [C-]#[N+]c1ccc(-n2c3ccccc3c3cc(-c4cc(C)cc(C(F)(F)F)c4)ccc32)c(-c2ccc(C(F)(F)F)cc2-n2c3ccccc3c3cc(-c4cc(C)cc(C(F)(F)F)c4)ccc32)c1. The highest BCUT2D eigenvalue weighted by Gasteiger charge is 2.34. The van der Waals surface area contributed by atoms with Crippen LogP contribution >= 0.6 is 0 Å². The predicted molar refractivity (Wildman–Crippen MR) is 242 cm³/mol. The predicted octanol–water partition coefficient (Wildman–Crippen LogP) is 17.1. The lowest BCUT2D eigenvalue weighted by molar-refractivity contribution is -0.138. The van der Waals surface area contributed by atoms with Crippen LogP contribution in [0.5, 0.6) is 0 Å². The Bertz CT molecular complexity index is 3650. The lowest BCUT2D eigenvalue weighted by atomic mass is 9.97. The minimum absolute atomic E-state index is 0.130. The number of aryl methyl sites for hydroxylation is 2. The molecule has 66 heavy (non-hydrogen) atoms. The van der Waals surface area contributed by atoms with Gasteiger partial charge >= 0.3 is 18.5 Å². The van der Waals surface area contributed by atoms with Crippen LogP contribution in [0.2, 0.25) is 0 Å². The van der Waals surface area contributed by atoms with E-state index in [2.05, 4.69) is 4.85 Å². The monoisotopic (exact) mass is 893 g/mol. The molecular formula is C54H32F9N3. The number of rotatable bonds is 5. The molecule has 0 saturated carbocycles. The van der Waals surface area contributed by atoms with Gasteiger partial charge in [0.2, 0.25) is 0 Å². The quantitative estimate of drug-likeness (QED) is 0.121. The van der Waals surface area contributed by atoms with E-state index >= 15 is 0 Å². The minimum Gasteiger partial charge on any atom is -0.309 e. The zero-order chi connectivity index (χ0) is 46.4. The van der Waals surface area contributed by atoms with Crippen molar-refractivity contribution in [2.24, 2.45) is 0 Å². The normalized spacial score (nSPS) is 12.5. The van der Waals surface area contributed by atoms with Crippen LogP contribution in [-0.4, -0.2) is 9.13 Å². The van der Waals surface area contributed by atoms with Crippen LogP contribution in [0.3, 0.4) is 0 Å². The molecule has 2 aromatic heterocycles. The molecule has 8 aromatic carbocycles. The molecule has 2 heterocycles. The highest BCUT2D eigenvalue weighted by atomic mass is 19.4. The molecule has 0 aliphatic carbocycles. The number of alkyl halides is 9. The average molecular weight is 894 g/mol. The third-order valence-corrected chi connectivity index (χ3v) is 12.0. The first-order valence-electron chi connectivity index (χ1n) is 20.6. The van der Waals surface area contributed by atoms with Crippen molar-refractivity contribution in [1.29, 1.82) is 0 Å². The number of halogens is 9. The largest absolute Gasteiger partial charge is 0.416 e. The summed E-state index contributed by atoms with van der Waals surface area (Å²) < 4.78 is 132. The summed E-state index contributed by atoms with van der Waals surface area (Å²) in [6.45, 7) is 11.2. The van der Waals surface area contributed by atoms with Crippen LogP contribution in [0.1, 0.15) is 27.8 Å². The van der Waals surface area contributed by atoms with Gasteiger partial charge in [0.15, 0.2) is 5.69 Å². The highest BCUT2D eigenvalue weighted by molar-refractivity contribution is 6.13. The number of nitrogens with zero attached hydrogens (tertiary/aromatic N) is 3. The van der Waals surface area contributed by atoms with Gasteiger partial charge in [-0.2, -0.15) is 39.5 Å². The van der Waals surface area contributed by atoms with E-state index in [0.29, 0.717) is 88.4 Å². The summed E-state index contributed by atoms with van der Waals surface area (Å²) >= 11 is 0. The molecule has 12 heteroatoms. The van der Waals surface area contributed by atoms with Crippen LogP contribution in [0.4, 0.5) is 45.2 Å². The fraction of sp³-hybridized carbons (Fsp3) is 0.0926. The Morgan fingerprint density at radius 1 is 0.379 bits per heavy atom. The number of benzene rings is 8. The van der Waals surface area contributed by atoms with E-state index in [0.717, 1.165) is 41.8 Å². The van der Waals surface area contributed by atoms with Gasteiger partial charge in [-0.1, -0.05) is 72.8 Å². The summed E-state index contributed by atoms with van der Waals surface area (Å²) in [5, 5.41) is 2.71. The molecule has 0 fully saturated rings. The standard InChI is InChI=1S/C54H32F9N3/c1-30-20-34(24-37(22-30)53(58,59)60)32-12-17-48-43(26-32)40-8-4-6-10-46(40)65(48)50-19-15-39(64-3)29-45(50)42-16-14-36(52(55,56)57)28-51(42)66-47-11-7-5-9-41(47)44-27-33(13-18-49(44)66)35-21-31(2)23-38(25-35)54(61,62)63/h4-29H,1-2H3. The Hall–Kier alpha value is -7.78. The lowest BCUT2D eigenvalue weighted by Crippen LogP contribution is -2.08. The second-order valence-electron chi connectivity index (χ2n) is 16.4. The third-order valence-electron chi connectivity index (χ3n) is 12.0. The molecule has 0 saturated heterocycles. The second kappa shape index (κ2) is 15.2. The number of aromatic nitrogens is 2. The fourth-order valence-electron chi connectivity index (χ4n) is 9.18. The van der Waals surface area contributed by atoms with Crippen molar-refractivity contribution in [2.45, 2.75) is 32.4 Å². The van der Waals surface area contributed by atoms with E-state index in [1.165, 1.54) is 6.07 Å². The molecule has 0 aliphatic heterocycles. The summed E-state index contributed by atoms with van der Waals surface area (Å²) in [5.41, 5.74) is 4.04. The van der Waals surface area contributed by atoms with Gasteiger partial charge in [-0.05, 0) is 138 Å². The van der Waals surface area contributed by atoms with Gasteiger partial charge in [-0.15, -0.1) is 0 Å². The van der Waals surface area contributed by atoms with Crippen molar-refractivity contribution < 1.29 is 39.5 Å². The molecule has 0 unspecified atom stereocenters. The average Bonchev–Trinajstić information content (AvgIpc) is 3.79. The molecule has 0 bridgehead atoms. The van der Waals surface area contributed by atoms with Gasteiger partial charge in [0, 0.05) is 27.1 Å². The van der Waals surface area contributed by atoms with Gasteiger partial charge in [0.1, 0.15) is 0 Å². The summed E-state index contributed by atoms with van der Waals surface area (Å²) in [4.78, 5) is 3.70. The summed E-state index contributed by atoms with van der Waals surface area (Å²) in [7, 11) is 0. The first-order valence-corrected chi connectivity index (χ1v) is 20.6. The lowest BCUT2D eigenvalue weighted by Gasteiger charge is -2.20. The first kappa shape index (κ1) is 42.2. The van der Waals surface area contributed by atoms with Gasteiger partial charge in [-0.25, -0.2) is 4.85 Å². The van der Waals surface area contributed by atoms with Crippen molar-refractivity contribution in [3.8, 4) is 44.8 Å². The minimum atomic E-state index is -4.76. The maximum Gasteiger partial charge on any atom is 0.416 e.